The number of methoxy groups -OCH3 is 1. The van der Waals surface area contributed by atoms with Gasteiger partial charge >= 0.3 is 0 Å². The van der Waals surface area contributed by atoms with E-state index in [2.05, 4.69) is 20.8 Å². The minimum Gasteiger partial charge on any atom is -0.390 e. The van der Waals surface area contributed by atoms with Crippen LogP contribution in [0.3, 0.4) is 0 Å². The Hall–Kier alpha value is -0.0800. The summed E-state index contributed by atoms with van der Waals surface area (Å²) in [6.07, 6.45) is 4.91. The van der Waals surface area contributed by atoms with Gasteiger partial charge in [-0.05, 0) is 51.9 Å². The molecule has 2 nitrogen and oxygen atoms in total. The van der Waals surface area contributed by atoms with E-state index in [9.17, 15) is 5.11 Å². The minimum atomic E-state index is -0.408. The summed E-state index contributed by atoms with van der Waals surface area (Å²) in [5.41, 5.74) is -0.503. The summed E-state index contributed by atoms with van der Waals surface area (Å²) in [4.78, 5) is 0. The van der Waals surface area contributed by atoms with Crippen LogP contribution >= 0.6 is 0 Å². The molecular weight excluding hydrogens is 176 g/mol. The van der Waals surface area contributed by atoms with Crippen molar-refractivity contribution in [2.24, 2.45) is 5.92 Å². The molecule has 0 aliphatic heterocycles. The molecule has 0 bridgehead atoms. The van der Waals surface area contributed by atoms with Gasteiger partial charge in [-0.15, -0.1) is 0 Å². The molecule has 1 aliphatic rings. The first-order valence-corrected chi connectivity index (χ1v) is 5.64. The lowest BCUT2D eigenvalue weighted by Gasteiger charge is -2.29. The summed E-state index contributed by atoms with van der Waals surface area (Å²) in [7, 11) is 1.74. The Kier molecular flexibility index (Phi) is 3.59. The first-order valence-electron chi connectivity index (χ1n) is 5.64. The number of hydrogen-bond donors (Lipinski definition) is 1. The third-order valence-electron chi connectivity index (χ3n) is 3.58. The molecule has 0 amide bonds. The largest absolute Gasteiger partial charge is 0.390 e. The summed E-state index contributed by atoms with van der Waals surface area (Å²) in [6, 6.07) is 0. The lowest BCUT2D eigenvalue weighted by Crippen LogP contribution is -2.31. The van der Waals surface area contributed by atoms with E-state index >= 15 is 0 Å². The Morgan fingerprint density at radius 2 is 2.14 bits per heavy atom. The van der Waals surface area contributed by atoms with Gasteiger partial charge in [0.1, 0.15) is 0 Å². The van der Waals surface area contributed by atoms with Crippen molar-refractivity contribution in [1.82, 2.24) is 0 Å². The van der Waals surface area contributed by atoms with Crippen molar-refractivity contribution in [3.63, 3.8) is 0 Å². The van der Waals surface area contributed by atoms with Gasteiger partial charge in [-0.1, -0.05) is 6.92 Å². The van der Waals surface area contributed by atoms with Gasteiger partial charge in [-0.25, -0.2) is 0 Å². The topological polar surface area (TPSA) is 29.5 Å². The van der Waals surface area contributed by atoms with E-state index in [1.807, 2.05) is 0 Å². The van der Waals surface area contributed by atoms with Gasteiger partial charge in [0.15, 0.2) is 0 Å². The minimum absolute atomic E-state index is 0.0957. The molecule has 1 fully saturated rings. The lowest BCUT2D eigenvalue weighted by atomic mass is 9.89. The van der Waals surface area contributed by atoms with Crippen LogP contribution in [0.15, 0.2) is 0 Å². The Morgan fingerprint density at radius 1 is 1.50 bits per heavy atom. The van der Waals surface area contributed by atoms with Gasteiger partial charge in [-0.3, -0.25) is 0 Å². The average Bonchev–Trinajstić information content (AvgIpc) is 2.45. The zero-order valence-corrected chi connectivity index (χ0v) is 9.97. The highest BCUT2D eigenvalue weighted by atomic mass is 16.5. The molecule has 1 aliphatic carbocycles. The molecule has 0 spiro atoms. The first-order chi connectivity index (χ1) is 6.37. The normalized spacial score (nSPS) is 33.6. The van der Waals surface area contributed by atoms with Crippen LogP contribution in [0.2, 0.25) is 0 Å². The molecule has 2 heteroatoms. The molecule has 0 aromatic carbocycles. The second-order valence-electron chi connectivity index (χ2n) is 5.54. The van der Waals surface area contributed by atoms with Gasteiger partial charge in [-0.2, -0.15) is 0 Å². The lowest BCUT2D eigenvalue weighted by molar-refractivity contribution is -0.0246. The maximum absolute atomic E-state index is 10.3. The average molecular weight is 200 g/mol. The summed E-state index contributed by atoms with van der Waals surface area (Å²) in [5, 5.41) is 10.3. The summed E-state index contributed by atoms with van der Waals surface area (Å²) in [5.74, 6) is 0.686. The van der Waals surface area contributed by atoms with Crippen LogP contribution in [0.5, 0.6) is 0 Å². The third kappa shape index (κ3) is 3.25. The van der Waals surface area contributed by atoms with Gasteiger partial charge in [0.2, 0.25) is 0 Å². The van der Waals surface area contributed by atoms with Gasteiger partial charge in [0, 0.05) is 7.11 Å². The van der Waals surface area contributed by atoms with Crippen molar-refractivity contribution in [2.45, 2.75) is 64.1 Å². The quantitative estimate of drug-likeness (QED) is 0.756. The predicted octanol–water partition coefficient (Wildman–Crippen LogP) is 2.74. The molecule has 0 heterocycles. The molecule has 0 radical (unpaired) electrons. The van der Waals surface area contributed by atoms with Crippen molar-refractivity contribution in [3.8, 4) is 0 Å². The van der Waals surface area contributed by atoms with E-state index in [0.717, 1.165) is 25.7 Å². The van der Waals surface area contributed by atoms with Crippen molar-refractivity contribution < 1.29 is 9.84 Å². The second-order valence-corrected chi connectivity index (χ2v) is 5.54. The molecule has 2 unspecified atom stereocenters. The Bertz CT molecular complexity index is 189. The van der Waals surface area contributed by atoms with Crippen LogP contribution in [-0.2, 0) is 4.74 Å². The summed E-state index contributed by atoms with van der Waals surface area (Å²) < 4.78 is 5.36. The Labute approximate surface area is 87.7 Å². The second kappa shape index (κ2) is 4.19. The standard InChI is InChI=1S/C12H24O2/c1-10-5-6-12(13,9-10)8-7-11(2,3)14-4/h10,13H,5-9H2,1-4H3. The maximum Gasteiger partial charge on any atom is 0.0651 e. The van der Waals surface area contributed by atoms with Crippen molar-refractivity contribution >= 4 is 0 Å². The highest BCUT2D eigenvalue weighted by Crippen LogP contribution is 2.38. The number of rotatable bonds is 4. The summed E-state index contributed by atoms with van der Waals surface area (Å²) in [6.45, 7) is 6.38. The van der Waals surface area contributed by atoms with Gasteiger partial charge < -0.3 is 9.84 Å². The monoisotopic (exact) mass is 200 g/mol. The van der Waals surface area contributed by atoms with Crippen molar-refractivity contribution in [2.75, 3.05) is 7.11 Å². The molecule has 0 aromatic heterocycles. The molecule has 0 saturated heterocycles. The molecule has 1 saturated carbocycles. The van der Waals surface area contributed by atoms with E-state index in [-0.39, 0.29) is 5.60 Å². The van der Waals surface area contributed by atoms with Crippen LogP contribution in [-0.4, -0.2) is 23.4 Å². The molecule has 84 valence electrons. The van der Waals surface area contributed by atoms with Crippen LogP contribution in [0.25, 0.3) is 0 Å². The van der Waals surface area contributed by atoms with Crippen molar-refractivity contribution in [3.05, 3.63) is 0 Å². The zero-order chi connectivity index (χ0) is 10.8. The van der Waals surface area contributed by atoms with Crippen molar-refractivity contribution in [1.29, 1.82) is 0 Å². The maximum atomic E-state index is 10.3. The summed E-state index contributed by atoms with van der Waals surface area (Å²) >= 11 is 0. The molecule has 14 heavy (non-hydrogen) atoms. The van der Waals surface area contributed by atoms with E-state index < -0.39 is 5.60 Å². The molecule has 1 rings (SSSR count). The fourth-order valence-electron chi connectivity index (χ4n) is 2.23. The van der Waals surface area contributed by atoms with E-state index in [1.54, 1.807) is 7.11 Å². The molecule has 0 aromatic rings. The van der Waals surface area contributed by atoms with E-state index in [1.165, 1.54) is 6.42 Å². The highest BCUT2D eigenvalue weighted by Gasteiger charge is 2.36. The molecular formula is C12H24O2. The number of aliphatic hydroxyl groups is 1. The number of hydrogen-bond acceptors (Lipinski definition) is 2. The van der Waals surface area contributed by atoms with Gasteiger partial charge in [0.05, 0.1) is 11.2 Å². The zero-order valence-electron chi connectivity index (χ0n) is 9.97. The fourth-order valence-corrected chi connectivity index (χ4v) is 2.23. The Balaban J connectivity index is 2.37. The van der Waals surface area contributed by atoms with E-state index in [0.29, 0.717) is 5.92 Å². The SMILES string of the molecule is COC(C)(C)CCC1(O)CCC(C)C1. The molecule has 1 N–H and O–H groups in total. The highest BCUT2D eigenvalue weighted by molar-refractivity contribution is 4.89. The Morgan fingerprint density at radius 3 is 2.57 bits per heavy atom. The van der Waals surface area contributed by atoms with Gasteiger partial charge in [0.25, 0.3) is 0 Å². The van der Waals surface area contributed by atoms with Crippen LogP contribution in [0.4, 0.5) is 0 Å². The van der Waals surface area contributed by atoms with Crippen LogP contribution in [0, 0.1) is 5.92 Å². The predicted molar refractivity (Wildman–Crippen MR) is 58.3 cm³/mol. The smallest absolute Gasteiger partial charge is 0.0651 e. The van der Waals surface area contributed by atoms with Crippen LogP contribution in [0.1, 0.15) is 52.9 Å². The molecule has 2 atom stereocenters. The van der Waals surface area contributed by atoms with E-state index in [4.69, 9.17) is 4.74 Å². The third-order valence-corrected chi connectivity index (χ3v) is 3.58. The fraction of sp³-hybridized carbons (Fsp3) is 1.00. The number of ether oxygens (including phenoxy) is 1. The van der Waals surface area contributed by atoms with Crippen LogP contribution < -0.4 is 0 Å². The first kappa shape index (κ1) is 12.0.